The number of nitrogens with zero attached hydrogens (tertiary/aromatic N) is 4. The molecule has 2 saturated carbocycles. The largest absolute Gasteiger partial charge is 0.371 e. The zero-order chi connectivity index (χ0) is 34.1. The predicted molar refractivity (Wildman–Crippen MR) is 183 cm³/mol. The van der Waals surface area contributed by atoms with Crippen LogP contribution in [0.5, 0.6) is 0 Å². The SMILES string of the molecule is CN(C(=O)c1cc(NS(=O)(=O)N(C)C)nn1CC(=O)N[C@H]1CCCC[C@@H]1OCc1ccccc1)C1CCCC[C@@H]1OCc1ccccc1. The van der Waals surface area contributed by atoms with E-state index in [1.54, 1.807) is 11.9 Å². The molecule has 0 aliphatic heterocycles. The molecule has 48 heavy (non-hydrogen) atoms. The highest BCUT2D eigenvalue weighted by atomic mass is 32.2. The van der Waals surface area contributed by atoms with Crippen LogP contribution in [0.2, 0.25) is 0 Å². The highest BCUT2D eigenvalue weighted by Gasteiger charge is 2.34. The summed E-state index contributed by atoms with van der Waals surface area (Å²) >= 11 is 0. The van der Waals surface area contributed by atoms with Gasteiger partial charge < -0.3 is 19.7 Å². The highest BCUT2D eigenvalue weighted by Crippen LogP contribution is 2.28. The van der Waals surface area contributed by atoms with Gasteiger partial charge in [0.2, 0.25) is 5.91 Å². The first-order chi connectivity index (χ1) is 23.1. The smallest absolute Gasteiger partial charge is 0.302 e. The number of amides is 2. The number of hydrogen-bond donors (Lipinski definition) is 2. The van der Waals surface area contributed by atoms with Crippen LogP contribution in [-0.4, -0.2) is 84.7 Å². The van der Waals surface area contributed by atoms with Gasteiger partial charge in [0.1, 0.15) is 12.2 Å². The van der Waals surface area contributed by atoms with E-state index in [0.29, 0.717) is 13.2 Å². The number of likely N-dealkylation sites (N-methyl/N-ethyl adjacent to an activating group) is 1. The standard InChI is InChI=1S/C35H48N6O6S/c1-39(2)48(44,45)38-33-22-30(35(43)40(3)29-19-11-13-21-32(29)47-25-27-16-8-5-9-17-27)41(37-33)23-34(42)36-28-18-10-12-20-31(28)46-24-26-14-6-4-7-15-26/h4-9,14-17,22,28-29,31-32H,10-13,18-21,23-25H2,1-3H3,(H,36,42)(H,37,38)/t28-,29?,31-,32-/m0/s1. The van der Waals surface area contributed by atoms with Crippen LogP contribution in [0, 0.1) is 0 Å². The number of benzene rings is 2. The molecule has 4 atom stereocenters. The van der Waals surface area contributed by atoms with Gasteiger partial charge in [-0.1, -0.05) is 86.3 Å². The summed E-state index contributed by atoms with van der Waals surface area (Å²) in [6.07, 6.45) is 6.83. The maximum absolute atomic E-state index is 14.1. The molecule has 5 rings (SSSR count). The average Bonchev–Trinajstić information content (AvgIpc) is 3.47. The Morgan fingerprint density at radius 2 is 1.40 bits per heavy atom. The molecule has 1 aromatic heterocycles. The number of nitrogens with one attached hydrogen (secondary N) is 2. The minimum atomic E-state index is -3.91. The fourth-order valence-corrected chi connectivity index (χ4v) is 6.98. The van der Waals surface area contributed by atoms with Gasteiger partial charge in [-0.2, -0.15) is 17.8 Å². The van der Waals surface area contributed by atoms with E-state index >= 15 is 0 Å². The summed E-state index contributed by atoms with van der Waals surface area (Å²) in [5.41, 5.74) is 2.23. The van der Waals surface area contributed by atoms with Crippen molar-refractivity contribution in [3.63, 3.8) is 0 Å². The lowest BCUT2D eigenvalue weighted by Gasteiger charge is -2.37. The van der Waals surface area contributed by atoms with Gasteiger partial charge in [-0.05, 0) is 36.8 Å². The lowest BCUT2D eigenvalue weighted by atomic mass is 9.91. The summed E-state index contributed by atoms with van der Waals surface area (Å²) in [6, 6.07) is 20.9. The Balaban J connectivity index is 1.31. The van der Waals surface area contributed by atoms with Gasteiger partial charge >= 0.3 is 10.2 Å². The Hall–Kier alpha value is -3.78. The minimum absolute atomic E-state index is 0.0458. The summed E-state index contributed by atoms with van der Waals surface area (Å²) in [4.78, 5) is 29.3. The first kappa shape index (κ1) is 35.5. The van der Waals surface area contributed by atoms with E-state index in [9.17, 15) is 18.0 Å². The molecule has 2 amide bonds. The molecule has 12 nitrogen and oxygen atoms in total. The van der Waals surface area contributed by atoms with Gasteiger partial charge in [-0.15, -0.1) is 0 Å². The van der Waals surface area contributed by atoms with Crippen LogP contribution in [0.15, 0.2) is 66.7 Å². The summed E-state index contributed by atoms with van der Waals surface area (Å²) in [6.45, 7) is 0.629. The summed E-state index contributed by atoms with van der Waals surface area (Å²) < 4.78 is 42.6. The molecule has 2 aliphatic carbocycles. The number of carbonyl (C=O) groups excluding carboxylic acids is 2. The predicted octanol–water partition coefficient (Wildman–Crippen LogP) is 4.35. The van der Waals surface area contributed by atoms with Crippen molar-refractivity contribution in [2.75, 3.05) is 25.9 Å². The van der Waals surface area contributed by atoms with Crippen LogP contribution < -0.4 is 10.0 Å². The fourth-order valence-electron chi connectivity index (χ4n) is 6.43. The number of ether oxygens (including phenoxy) is 2. The normalized spacial score (nSPS) is 21.5. The molecule has 0 saturated heterocycles. The van der Waals surface area contributed by atoms with Crippen LogP contribution in [0.1, 0.15) is 73.0 Å². The highest BCUT2D eigenvalue weighted by molar-refractivity contribution is 7.90. The quantitative estimate of drug-likeness (QED) is 0.259. The molecular formula is C35H48N6O6S. The molecule has 13 heteroatoms. The topological polar surface area (TPSA) is 135 Å². The molecule has 0 spiro atoms. The van der Waals surface area contributed by atoms with E-state index in [-0.39, 0.29) is 54.2 Å². The molecule has 2 fully saturated rings. The maximum atomic E-state index is 14.1. The lowest BCUT2D eigenvalue weighted by Crippen LogP contribution is -2.48. The number of hydrogen-bond acceptors (Lipinski definition) is 7. The second-order valence-electron chi connectivity index (χ2n) is 12.9. The number of rotatable bonds is 14. The molecule has 2 N–H and O–H groups in total. The van der Waals surface area contributed by atoms with Crippen molar-refractivity contribution in [1.82, 2.24) is 24.3 Å². The fraction of sp³-hybridized carbons (Fsp3) is 0.514. The summed E-state index contributed by atoms with van der Waals surface area (Å²) in [5.74, 6) is -0.748. The molecule has 1 heterocycles. The van der Waals surface area contributed by atoms with Crippen LogP contribution in [0.3, 0.4) is 0 Å². The van der Waals surface area contributed by atoms with Crippen LogP contribution in [0.4, 0.5) is 5.82 Å². The van der Waals surface area contributed by atoms with E-state index in [1.165, 1.54) is 24.8 Å². The van der Waals surface area contributed by atoms with Gasteiger partial charge in [0, 0.05) is 27.2 Å². The van der Waals surface area contributed by atoms with E-state index in [1.807, 2.05) is 60.7 Å². The van der Waals surface area contributed by atoms with Crippen molar-refractivity contribution in [2.24, 2.45) is 0 Å². The van der Waals surface area contributed by atoms with Crippen molar-refractivity contribution >= 4 is 27.8 Å². The van der Waals surface area contributed by atoms with Crippen molar-refractivity contribution in [2.45, 2.75) is 95.4 Å². The van der Waals surface area contributed by atoms with Gasteiger partial charge in [0.25, 0.3) is 5.91 Å². The molecule has 0 radical (unpaired) electrons. The number of carbonyl (C=O) groups is 2. The monoisotopic (exact) mass is 680 g/mol. The molecule has 3 aromatic rings. The molecule has 1 unspecified atom stereocenters. The summed E-state index contributed by atoms with van der Waals surface area (Å²) in [5, 5.41) is 7.49. The minimum Gasteiger partial charge on any atom is -0.371 e. The van der Waals surface area contributed by atoms with Gasteiger partial charge in [-0.3, -0.25) is 14.3 Å². The Morgan fingerprint density at radius 3 is 2.02 bits per heavy atom. The van der Waals surface area contributed by atoms with E-state index < -0.39 is 10.2 Å². The zero-order valence-electron chi connectivity index (χ0n) is 28.1. The van der Waals surface area contributed by atoms with E-state index in [0.717, 1.165) is 66.8 Å². The van der Waals surface area contributed by atoms with Crippen molar-refractivity contribution in [1.29, 1.82) is 0 Å². The Bertz CT molecular complexity index is 1600. The Labute approximate surface area is 284 Å². The first-order valence-electron chi connectivity index (χ1n) is 16.8. The van der Waals surface area contributed by atoms with Crippen LogP contribution in [0.25, 0.3) is 0 Å². The van der Waals surface area contributed by atoms with E-state index in [4.69, 9.17) is 9.47 Å². The first-order valence-corrected chi connectivity index (χ1v) is 18.2. The third kappa shape index (κ3) is 9.43. The van der Waals surface area contributed by atoms with Gasteiger partial charge in [-0.25, -0.2) is 4.68 Å². The van der Waals surface area contributed by atoms with Crippen LogP contribution in [-0.2, 0) is 44.2 Å². The van der Waals surface area contributed by atoms with Crippen molar-refractivity contribution < 1.29 is 27.5 Å². The number of anilines is 1. The Kier molecular flexibility index (Phi) is 12.3. The summed E-state index contributed by atoms with van der Waals surface area (Å²) in [7, 11) is 0.614. The second kappa shape index (κ2) is 16.6. The molecular weight excluding hydrogens is 632 g/mol. The molecule has 2 aliphatic rings. The second-order valence-corrected chi connectivity index (χ2v) is 14.7. The van der Waals surface area contributed by atoms with Gasteiger partial charge in [0.15, 0.2) is 5.82 Å². The number of aromatic nitrogens is 2. The molecule has 0 bridgehead atoms. The zero-order valence-corrected chi connectivity index (χ0v) is 28.9. The Morgan fingerprint density at radius 1 is 0.833 bits per heavy atom. The van der Waals surface area contributed by atoms with Crippen molar-refractivity contribution in [3.05, 3.63) is 83.6 Å². The molecule has 260 valence electrons. The third-order valence-electron chi connectivity index (χ3n) is 9.15. The van der Waals surface area contributed by atoms with Gasteiger partial charge in [0.05, 0.1) is 37.5 Å². The van der Waals surface area contributed by atoms with Crippen LogP contribution >= 0.6 is 0 Å². The average molecular weight is 681 g/mol. The lowest BCUT2D eigenvalue weighted by molar-refractivity contribution is -0.124. The van der Waals surface area contributed by atoms with E-state index in [2.05, 4.69) is 15.1 Å². The van der Waals surface area contributed by atoms with Crippen molar-refractivity contribution in [3.8, 4) is 0 Å². The third-order valence-corrected chi connectivity index (χ3v) is 10.6. The maximum Gasteiger partial charge on any atom is 0.302 e. The molecule has 2 aromatic carbocycles.